The van der Waals surface area contributed by atoms with Crippen LogP contribution in [0.25, 0.3) is 0 Å². The van der Waals surface area contributed by atoms with Crippen LogP contribution in [0.1, 0.15) is 48.0 Å². The molecule has 6 nitrogen and oxygen atoms in total. The fraction of sp³-hybridized carbons (Fsp3) is 0.300. The smallest absolute Gasteiger partial charge is 0.259 e. The van der Waals surface area contributed by atoms with Crippen LogP contribution in [0, 0.1) is 12.8 Å². The quantitative estimate of drug-likeness (QED) is 0.464. The molecule has 1 saturated carbocycles. The van der Waals surface area contributed by atoms with E-state index in [1.165, 1.54) is 0 Å². The fourth-order valence-corrected chi connectivity index (χ4v) is 6.70. The topological polar surface area (TPSA) is 69.7 Å². The number of hydrogen-bond acceptors (Lipinski definition) is 4. The summed E-state index contributed by atoms with van der Waals surface area (Å²) in [5, 5.41) is 3.04. The van der Waals surface area contributed by atoms with E-state index in [1.54, 1.807) is 16.7 Å². The van der Waals surface area contributed by atoms with E-state index in [4.69, 9.17) is 0 Å². The molecule has 3 aromatic carbocycles. The third-order valence-electron chi connectivity index (χ3n) is 7.57. The molecular formula is C30H29N3O3S. The van der Waals surface area contributed by atoms with Gasteiger partial charge in [-0.15, -0.1) is 0 Å². The highest BCUT2D eigenvalue weighted by Crippen LogP contribution is 2.45. The Morgan fingerprint density at radius 1 is 0.946 bits per heavy atom. The predicted molar refractivity (Wildman–Crippen MR) is 146 cm³/mol. The SMILES string of the molecule is Cc1ccc(N2CC(C(=O)Nc3ccc4c(c3)Sc3ccccc3C(=O)N4C3CCCC3)CC2=O)cc1. The summed E-state index contributed by atoms with van der Waals surface area (Å²) in [5.74, 6) is -0.571. The molecule has 1 atom stereocenters. The van der Waals surface area contributed by atoms with E-state index >= 15 is 0 Å². The van der Waals surface area contributed by atoms with Crippen molar-refractivity contribution in [2.45, 2.75) is 54.9 Å². The van der Waals surface area contributed by atoms with Crippen LogP contribution in [0.2, 0.25) is 0 Å². The molecule has 1 aliphatic carbocycles. The van der Waals surface area contributed by atoms with Gasteiger partial charge in [0.05, 0.1) is 17.2 Å². The summed E-state index contributed by atoms with van der Waals surface area (Å²) < 4.78 is 0. The van der Waals surface area contributed by atoms with Gasteiger partial charge in [0.15, 0.2) is 0 Å². The van der Waals surface area contributed by atoms with E-state index in [9.17, 15) is 14.4 Å². The zero-order valence-corrected chi connectivity index (χ0v) is 21.6. The zero-order chi connectivity index (χ0) is 25.5. The number of carbonyl (C=O) groups is 3. The lowest BCUT2D eigenvalue weighted by atomic mass is 10.1. The van der Waals surface area contributed by atoms with Crippen molar-refractivity contribution in [3.63, 3.8) is 0 Å². The maximum Gasteiger partial charge on any atom is 0.259 e. The van der Waals surface area contributed by atoms with Crippen molar-refractivity contribution < 1.29 is 14.4 Å². The number of aryl methyl sites for hydroxylation is 1. The third kappa shape index (κ3) is 4.53. The minimum absolute atomic E-state index is 0.0381. The Balaban J connectivity index is 1.25. The molecule has 3 aromatic rings. The predicted octanol–water partition coefficient (Wildman–Crippen LogP) is 6.04. The van der Waals surface area contributed by atoms with Crippen molar-refractivity contribution >= 4 is 46.5 Å². The van der Waals surface area contributed by atoms with Crippen LogP contribution in [-0.2, 0) is 9.59 Å². The van der Waals surface area contributed by atoms with E-state index in [0.717, 1.165) is 58.0 Å². The second-order valence-electron chi connectivity index (χ2n) is 10.1. The Labute approximate surface area is 221 Å². The van der Waals surface area contributed by atoms with Crippen LogP contribution in [-0.4, -0.2) is 30.3 Å². The lowest BCUT2D eigenvalue weighted by Gasteiger charge is -2.29. The molecule has 6 rings (SSSR count). The number of benzene rings is 3. The Bertz CT molecular complexity index is 1380. The van der Waals surface area contributed by atoms with Gasteiger partial charge >= 0.3 is 0 Å². The average molecular weight is 512 g/mol. The first-order chi connectivity index (χ1) is 18.0. The van der Waals surface area contributed by atoms with Gasteiger partial charge in [-0.1, -0.05) is 54.4 Å². The molecular weight excluding hydrogens is 482 g/mol. The van der Waals surface area contributed by atoms with Crippen molar-refractivity contribution in [2.75, 3.05) is 21.7 Å². The molecule has 3 amide bonds. The van der Waals surface area contributed by atoms with Gasteiger partial charge in [0.1, 0.15) is 0 Å². The number of fused-ring (bicyclic) bond motifs is 2. The van der Waals surface area contributed by atoms with E-state index in [2.05, 4.69) is 5.32 Å². The molecule has 2 aliphatic heterocycles. The first-order valence-corrected chi connectivity index (χ1v) is 13.7. The largest absolute Gasteiger partial charge is 0.326 e. The van der Waals surface area contributed by atoms with Crippen LogP contribution in [0.15, 0.2) is 76.5 Å². The molecule has 1 unspecified atom stereocenters. The molecule has 1 saturated heterocycles. The number of hydrogen-bond donors (Lipinski definition) is 1. The van der Waals surface area contributed by atoms with Gasteiger partial charge in [0, 0.05) is 40.2 Å². The van der Waals surface area contributed by atoms with Crippen LogP contribution in [0.4, 0.5) is 17.1 Å². The van der Waals surface area contributed by atoms with Gasteiger partial charge in [-0.2, -0.15) is 0 Å². The van der Waals surface area contributed by atoms with Gasteiger partial charge in [0.25, 0.3) is 5.91 Å². The number of anilines is 3. The van der Waals surface area contributed by atoms with Crippen LogP contribution >= 0.6 is 11.8 Å². The number of nitrogens with one attached hydrogen (secondary N) is 1. The maximum atomic E-state index is 13.6. The highest BCUT2D eigenvalue weighted by Gasteiger charge is 2.36. The maximum absolute atomic E-state index is 13.6. The molecule has 0 aromatic heterocycles. The second kappa shape index (κ2) is 9.71. The Morgan fingerprint density at radius 3 is 2.49 bits per heavy atom. The summed E-state index contributed by atoms with van der Waals surface area (Å²) in [6.07, 6.45) is 4.46. The zero-order valence-electron chi connectivity index (χ0n) is 20.8. The highest BCUT2D eigenvalue weighted by molar-refractivity contribution is 7.99. The van der Waals surface area contributed by atoms with Gasteiger partial charge < -0.3 is 15.1 Å². The summed E-state index contributed by atoms with van der Waals surface area (Å²) in [7, 11) is 0. The highest BCUT2D eigenvalue weighted by atomic mass is 32.2. The summed E-state index contributed by atoms with van der Waals surface area (Å²) >= 11 is 1.57. The van der Waals surface area contributed by atoms with Gasteiger partial charge in [-0.3, -0.25) is 14.4 Å². The lowest BCUT2D eigenvalue weighted by Crippen LogP contribution is -2.39. The molecule has 0 spiro atoms. The molecule has 1 N–H and O–H groups in total. The van der Waals surface area contributed by atoms with Crippen LogP contribution in [0.5, 0.6) is 0 Å². The van der Waals surface area contributed by atoms with E-state index in [-0.39, 0.29) is 30.2 Å². The molecule has 37 heavy (non-hydrogen) atoms. The van der Waals surface area contributed by atoms with Crippen molar-refractivity contribution in [3.8, 4) is 0 Å². The summed E-state index contributed by atoms with van der Waals surface area (Å²) in [6, 6.07) is 21.5. The van der Waals surface area contributed by atoms with E-state index in [0.29, 0.717) is 12.2 Å². The molecule has 2 fully saturated rings. The number of nitrogens with zero attached hydrogens (tertiary/aromatic N) is 2. The first-order valence-electron chi connectivity index (χ1n) is 12.9. The standard InChI is InChI=1S/C30H29N3O3S/c1-19-10-13-22(14-11-19)32-18-20(16-28(32)34)29(35)31-21-12-15-25-27(17-21)37-26-9-5-4-8-24(26)30(36)33(25)23-6-2-3-7-23/h4-5,8-15,17,20,23H,2-3,6-7,16,18H2,1H3,(H,31,35). The molecule has 3 aliphatic rings. The summed E-state index contributed by atoms with van der Waals surface area (Å²) in [5.41, 5.74) is 4.25. The minimum atomic E-state index is -0.419. The van der Waals surface area contributed by atoms with E-state index < -0.39 is 5.92 Å². The minimum Gasteiger partial charge on any atom is -0.326 e. The molecule has 188 valence electrons. The van der Waals surface area contributed by atoms with Crippen molar-refractivity contribution in [2.24, 2.45) is 5.92 Å². The number of rotatable bonds is 4. The van der Waals surface area contributed by atoms with Gasteiger partial charge in [-0.25, -0.2) is 0 Å². The Kier molecular flexibility index (Phi) is 6.24. The van der Waals surface area contributed by atoms with Gasteiger partial charge in [0.2, 0.25) is 11.8 Å². The first kappa shape index (κ1) is 23.8. The number of carbonyl (C=O) groups excluding carboxylic acids is 3. The average Bonchev–Trinajstić information content (AvgIpc) is 3.54. The summed E-state index contributed by atoms with van der Waals surface area (Å²) in [6.45, 7) is 2.37. The molecule has 2 heterocycles. The molecule has 7 heteroatoms. The van der Waals surface area contributed by atoms with Crippen molar-refractivity contribution in [1.29, 1.82) is 0 Å². The van der Waals surface area contributed by atoms with Gasteiger partial charge in [-0.05, 0) is 62.2 Å². The van der Waals surface area contributed by atoms with E-state index in [1.807, 2.05) is 78.6 Å². The Morgan fingerprint density at radius 2 is 1.70 bits per heavy atom. The lowest BCUT2D eigenvalue weighted by molar-refractivity contribution is -0.122. The van der Waals surface area contributed by atoms with Crippen LogP contribution < -0.4 is 15.1 Å². The summed E-state index contributed by atoms with van der Waals surface area (Å²) in [4.78, 5) is 45.0. The molecule has 0 radical (unpaired) electrons. The third-order valence-corrected chi connectivity index (χ3v) is 8.70. The molecule has 0 bridgehead atoms. The van der Waals surface area contributed by atoms with Crippen LogP contribution in [0.3, 0.4) is 0 Å². The fourth-order valence-electron chi connectivity index (χ4n) is 5.59. The van der Waals surface area contributed by atoms with Crippen molar-refractivity contribution in [1.82, 2.24) is 0 Å². The Hall–Kier alpha value is -3.58. The second-order valence-corrected chi connectivity index (χ2v) is 11.2. The number of amides is 3. The monoisotopic (exact) mass is 511 g/mol. The van der Waals surface area contributed by atoms with Crippen molar-refractivity contribution in [3.05, 3.63) is 77.9 Å². The normalized spacial score (nSPS) is 19.5.